The van der Waals surface area contributed by atoms with Gasteiger partial charge in [0.05, 0.1) is 5.69 Å². The highest BCUT2D eigenvalue weighted by Gasteiger charge is 2.58. The van der Waals surface area contributed by atoms with Gasteiger partial charge in [0.1, 0.15) is 11.9 Å². The summed E-state index contributed by atoms with van der Waals surface area (Å²) in [5, 5.41) is 1.08. The topological polar surface area (TPSA) is 19.6 Å². The van der Waals surface area contributed by atoms with Gasteiger partial charge in [-0.2, -0.15) is 0 Å². The molecule has 2 aromatic rings. The Morgan fingerprint density at radius 3 is 2.60 bits per heavy atom. The van der Waals surface area contributed by atoms with E-state index in [1.165, 1.54) is 0 Å². The second kappa shape index (κ2) is 4.90. The largest absolute Gasteiger partial charge is 0.459 e. The Morgan fingerprint density at radius 1 is 1.20 bits per heavy atom. The molecule has 0 saturated carbocycles. The van der Waals surface area contributed by atoms with Gasteiger partial charge in [-0.3, -0.25) is 0 Å². The van der Waals surface area contributed by atoms with E-state index in [-0.39, 0.29) is 6.17 Å². The van der Waals surface area contributed by atoms with E-state index in [0.29, 0.717) is 0 Å². The van der Waals surface area contributed by atoms with Crippen LogP contribution in [0.25, 0.3) is 17.0 Å². The summed E-state index contributed by atoms with van der Waals surface area (Å²) in [7, 11) is 1.93. The van der Waals surface area contributed by atoms with Crippen LogP contribution in [0.5, 0.6) is 0 Å². The Hall–Kier alpha value is -2.23. The van der Waals surface area contributed by atoms with Crippen molar-refractivity contribution in [3.63, 3.8) is 0 Å². The lowest BCUT2D eigenvalue weighted by molar-refractivity contribution is 0.0121. The highest BCUT2D eigenvalue weighted by Crippen LogP contribution is 2.55. The number of fused-ring (bicyclic) bond motifs is 5. The molecule has 2 aliphatic heterocycles. The maximum atomic E-state index is 16.0. The average Bonchev–Trinajstić information content (AvgIpc) is 3.07. The maximum Gasteiger partial charge on any atom is 0.158 e. The van der Waals surface area contributed by atoms with E-state index < -0.39 is 11.1 Å². The molecule has 25 heavy (non-hydrogen) atoms. The summed E-state index contributed by atoms with van der Waals surface area (Å²) in [4.78, 5) is 3.98. The molecule has 0 fully saturated rings. The van der Waals surface area contributed by atoms with Crippen molar-refractivity contribution in [1.82, 2.24) is 4.90 Å². The molecule has 1 aromatic heterocycles. The molecule has 0 N–H and O–H groups in total. The van der Waals surface area contributed by atoms with Crippen LogP contribution in [0.15, 0.2) is 35.0 Å². The van der Waals surface area contributed by atoms with Crippen LogP contribution in [0.2, 0.25) is 0 Å². The van der Waals surface area contributed by atoms with Crippen LogP contribution in [-0.2, 0) is 5.41 Å². The summed E-state index contributed by atoms with van der Waals surface area (Å²) in [6.45, 7) is 9.68. The number of hydrogen-bond acceptors (Lipinski definition) is 3. The number of halogens is 1. The monoisotopic (exact) mass is 340 g/mol. The highest BCUT2D eigenvalue weighted by atomic mass is 19.1. The maximum absolute atomic E-state index is 16.0. The fraction of sp³-hybridized carbons (Fsp3) is 0.429. The molecule has 0 amide bonds. The zero-order valence-electron chi connectivity index (χ0n) is 15.7. The van der Waals surface area contributed by atoms with Gasteiger partial charge in [-0.25, -0.2) is 4.39 Å². The predicted octanol–water partition coefficient (Wildman–Crippen LogP) is 5.34. The van der Waals surface area contributed by atoms with Crippen molar-refractivity contribution in [2.45, 2.75) is 51.9 Å². The molecule has 0 spiro atoms. The SMILES string of the molecule is C/C=C\c1c(C)oc2c3c(ccc12)C(C)(C)C(C)(F)C1N(C)C=CN31. The van der Waals surface area contributed by atoms with E-state index in [4.69, 9.17) is 4.42 Å². The summed E-state index contributed by atoms with van der Waals surface area (Å²) in [5.41, 5.74) is 1.86. The van der Waals surface area contributed by atoms with Gasteiger partial charge in [0.15, 0.2) is 11.3 Å². The number of benzene rings is 1. The van der Waals surface area contributed by atoms with Crippen molar-refractivity contribution < 1.29 is 8.81 Å². The molecule has 0 radical (unpaired) electrons. The minimum Gasteiger partial charge on any atom is -0.459 e. The van der Waals surface area contributed by atoms with Gasteiger partial charge < -0.3 is 14.2 Å². The molecule has 2 unspecified atom stereocenters. The number of alkyl halides is 1. The third-order valence-electron chi connectivity index (χ3n) is 6.14. The first-order valence-corrected chi connectivity index (χ1v) is 8.78. The molecular weight excluding hydrogens is 315 g/mol. The Labute approximate surface area is 148 Å². The first kappa shape index (κ1) is 16.2. The molecule has 4 rings (SSSR count). The number of allylic oxidation sites excluding steroid dienone is 1. The van der Waals surface area contributed by atoms with Gasteiger partial charge in [-0.05, 0) is 26.3 Å². The zero-order chi connectivity index (χ0) is 18.1. The predicted molar refractivity (Wildman–Crippen MR) is 101 cm³/mol. The minimum atomic E-state index is -1.42. The van der Waals surface area contributed by atoms with Crippen LogP contribution >= 0.6 is 0 Å². The number of hydrogen-bond donors (Lipinski definition) is 0. The summed E-state index contributed by atoms with van der Waals surface area (Å²) in [6.07, 6.45) is 7.62. The normalized spacial score (nSPS) is 27.4. The lowest BCUT2D eigenvalue weighted by Crippen LogP contribution is -2.63. The van der Waals surface area contributed by atoms with E-state index >= 15 is 4.39 Å². The van der Waals surface area contributed by atoms with Gasteiger partial charge in [0.2, 0.25) is 0 Å². The quantitative estimate of drug-likeness (QED) is 0.698. The van der Waals surface area contributed by atoms with Crippen molar-refractivity contribution in [2.75, 3.05) is 11.9 Å². The van der Waals surface area contributed by atoms with Gasteiger partial charge in [-0.1, -0.05) is 38.1 Å². The van der Waals surface area contributed by atoms with Crippen LogP contribution < -0.4 is 4.90 Å². The van der Waals surface area contributed by atoms with E-state index in [2.05, 4.69) is 18.2 Å². The third-order valence-corrected chi connectivity index (χ3v) is 6.14. The second-order valence-corrected chi connectivity index (χ2v) is 7.86. The molecule has 0 saturated heterocycles. The smallest absolute Gasteiger partial charge is 0.158 e. The number of rotatable bonds is 1. The number of nitrogens with zero attached hydrogens (tertiary/aromatic N) is 2. The summed E-state index contributed by atoms with van der Waals surface area (Å²) in [5.74, 6) is 0.890. The summed E-state index contributed by atoms with van der Waals surface area (Å²) in [6, 6.07) is 4.14. The molecule has 3 heterocycles. The minimum absolute atomic E-state index is 0.379. The first-order valence-electron chi connectivity index (χ1n) is 8.78. The molecule has 0 aliphatic carbocycles. The summed E-state index contributed by atoms with van der Waals surface area (Å²) >= 11 is 0. The molecule has 0 bridgehead atoms. The Bertz CT molecular complexity index is 920. The van der Waals surface area contributed by atoms with Crippen molar-refractivity contribution in [1.29, 1.82) is 0 Å². The molecule has 4 heteroatoms. The fourth-order valence-corrected chi connectivity index (χ4v) is 4.38. The van der Waals surface area contributed by atoms with Crippen molar-refractivity contribution in [3.8, 4) is 0 Å². The molecule has 2 aliphatic rings. The lowest BCUT2D eigenvalue weighted by atomic mass is 9.67. The third kappa shape index (κ3) is 1.85. The Morgan fingerprint density at radius 2 is 1.92 bits per heavy atom. The zero-order valence-corrected chi connectivity index (χ0v) is 15.7. The summed E-state index contributed by atoms with van der Waals surface area (Å²) < 4.78 is 22.2. The van der Waals surface area contributed by atoms with Crippen LogP contribution in [0.3, 0.4) is 0 Å². The number of aryl methyl sites for hydroxylation is 1. The van der Waals surface area contributed by atoms with Gasteiger partial charge >= 0.3 is 0 Å². The Kier molecular flexibility index (Phi) is 3.19. The van der Waals surface area contributed by atoms with E-state index in [9.17, 15) is 0 Å². The van der Waals surface area contributed by atoms with Crippen molar-refractivity contribution >= 4 is 22.7 Å². The van der Waals surface area contributed by atoms with E-state index in [0.717, 1.165) is 33.5 Å². The first-order chi connectivity index (χ1) is 11.7. The van der Waals surface area contributed by atoms with Gasteiger partial charge in [0, 0.05) is 35.8 Å². The molecule has 132 valence electrons. The van der Waals surface area contributed by atoms with Gasteiger partial charge in [-0.15, -0.1) is 0 Å². The van der Waals surface area contributed by atoms with Crippen LogP contribution in [0.4, 0.5) is 10.1 Å². The average molecular weight is 340 g/mol. The Balaban J connectivity index is 2.09. The molecule has 3 nitrogen and oxygen atoms in total. The van der Waals surface area contributed by atoms with Crippen LogP contribution in [0.1, 0.15) is 44.6 Å². The molecular formula is C21H25FN2O. The van der Waals surface area contributed by atoms with Crippen LogP contribution in [-0.4, -0.2) is 23.8 Å². The fourth-order valence-electron chi connectivity index (χ4n) is 4.38. The highest BCUT2D eigenvalue weighted by molar-refractivity contribution is 5.99. The van der Waals surface area contributed by atoms with Crippen molar-refractivity contribution in [3.05, 3.63) is 47.5 Å². The van der Waals surface area contributed by atoms with E-state index in [1.807, 2.05) is 63.0 Å². The lowest BCUT2D eigenvalue weighted by Gasteiger charge is -2.52. The second-order valence-electron chi connectivity index (χ2n) is 7.86. The number of furan rings is 1. The standard InChI is InChI=1S/C21H25FN2O/c1-7-8-14-13(2)25-18-15(14)9-10-16-17(18)24-12-11-23(6)19(24)21(5,22)20(16,3)4/h7-12,19H,1-6H3/b8-7-. The van der Waals surface area contributed by atoms with Crippen molar-refractivity contribution in [2.24, 2.45) is 0 Å². The van der Waals surface area contributed by atoms with E-state index in [1.54, 1.807) is 6.92 Å². The van der Waals surface area contributed by atoms with Gasteiger partial charge in [0.25, 0.3) is 0 Å². The number of anilines is 1. The molecule has 2 atom stereocenters. The van der Waals surface area contributed by atoms with Crippen LogP contribution in [0, 0.1) is 6.92 Å². The molecule has 1 aromatic carbocycles.